The van der Waals surface area contributed by atoms with Crippen molar-refractivity contribution in [3.8, 4) is 0 Å². The Balaban J connectivity index is 2.79. The predicted octanol–water partition coefficient (Wildman–Crippen LogP) is 1.66. The average molecular weight is 162 g/mol. The first-order chi connectivity index (χ1) is 5.75. The molecule has 0 aromatic heterocycles. The smallest absolute Gasteiger partial charge is 0.0552 e. The monoisotopic (exact) mass is 162 g/mol. The van der Waals surface area contributed by atoms with Crippen molar-refractivity contribution in [2.45, 2.75) is 13.0 Å². The Morgan fingerprint density at radius 1 is 1.33 bits per heavy atom. The summed E-state index contributed by atoms with van der Waals surface area (Å²) in [6.07, 6.45) is 0. The molecule has 0 aliphatic rings. The van der Waals surface area contributed by atoms with Gasteiger partial charge in [-0.1, -0.05) is 30.3 Å². The molecule has 0 bridgehead atoms. The Morgan fingerprint density at radius 3 is 2.42 bits per heavy atom. The number of hydrogen-bond acceptors (Lipinski definition) is 2. The van der Waals surface area contributed by atoms with Crippen LogP contribution in [0.4, 0.5) is 0 Å². The van der Waals surface area contributed by atoms with Gasteiger partial charge >= 0.3 is 0 Å². The minimum atomic E-state index is 0.118. The zero-order valence-electron chi connectivity index (χ0n) is 7.46. The number of nitrogens with one attached hydrogen (secondary N) is 2. The maximum atomic E-state index is 7.77. The minimum Gasteiger partial charge on any atom is -0.312 e. The van der Waals surface area contributed by atoms with Gasteiger partial charge in [-0.15, -0.1) is 0 Å². The second-order valence-electron chi connectivity index (χ2n) is 2.79. The molecule has 0 saturated carbocycles. The van der Waals surface area contributed by atoms with Gasteiger partial charge in [0.2, 0.25) is 0 Å². The van der Waals surface area contributed by atoms with Gasteiger partial charge in [-0.25, -0.2) is 0 Å². The Morgan fingerprint density at radius 2 is 1.92 bits per heavy atom. The van der Waals surface area contributed by atoms with Gasteiger partial charge in [-0.3, -0.25) is 0 Å². The highest BCUT2D eigenvalue weighted by molar-refractivity contribution is 6.01. The van der Waals surface area contributed by atoms with E-state index in [1.165, 1.54) is 0 Å². The molecule has 2 heteroatoms. The van der Waals surface area contributed by atoms with Crippen LogP contribution in [-0.2, 0) is 0 Å². The molecular weight excluding hydrogens is 148 g/mol. The number of hydrogen-bond donors (Lipinski definition) is 2. The summed E-state index contributed by atoms with van der Waals surface area (Å²) in [5.74, 6) is 0. The first-order valence-electron chi connectivity index (χ1n) is 4.07. The molecule has 0 saturated heterocycles. The molecule has 1 aromatic rings. The van der Waals surface area contributed by atoms with Gasteiger partial charge in [-0.05, 0) is 19.5 Å². The van der Waals surface area contributed by atoms with E-state index in [2.05, 4.69) is 5.32 Å². The first kappa shape index (κ1) is 8.94. The van der Waals surface area contributed by atoms with E-state index in [1.807, 2.05) is 44.3 Å². The van der Waals surface area contributed by atoms with E-state index in [0.29, 0.717) is 5.71 Å². The molecule has 1 rings (SSSR count). The number of rotatable bonds is 3. The van der Waals surface area contributed by atoms with Crippen molar-refractivity contribution in [1.29, 1.82) is 5.41 Å². The van der Waals surface area contributed by atoms with Gasteiger partial charge < -0.3 is 10.7 Å². The third-order valence-corrected chi connectivity index (χ3v) is 1.95. The molecule has 1 unspecified atom stereocenters. The van der Waals surface area contributed by atoms with Crippen LogP contribution in [0.1, 0.15) is 12.5 Å². The third kappa shape index (κ3) is 1.92. The Hall–Kier alpha value is -1.15. The lowest BCUT2D eigenvalue weighted by Gasteiger charge is -2.11. The zero-order chi connectivity index (χ0) is 8.97. The van der Waals surface area contributed by atoms with Crippen molar-refractivity contribution in [3.05, 3.63) is 35.9 Å². The summed E-state index contributed by atoms with van der Waals surface area (Å²) in [5.41, 5.74) is 1.62. The summed E-state index contributed by atoms with van der Waals surface area (Å²) in [5, 5.41) is 10.8. The average Bonchev–Trinajstić information content (AvgIpc) is 2.17. The van der Waals surface area contributed by atoms with Crippen LogP contribution in [0.15, 0.2) is 30.3 Å². The molecule has 1 aromatic carbocycles. The third-order valence-electron chi connectivity index (χ3n) is 1.95. The van der Waals surface area contributed by atoms with Crippen LogP contribution < -0.4 is 5.32 Å². The van der Waals surface area contributed by atoms with Crippen LogP contribution in [-0.4, -0.2) is 18.8 Å². The summed E-state index contributed by atoms with van der Waals surface area (Å²) in [6.45, 7) is 1.98. The van der Waals surface area contributed by atoms with Crippen molar-refractivity contribution >= 4 is 5.71 Å². The normalized spacial score (nSPS) is 12.5. The van der Waals surface area contributed by atoms with Gasteiger partial charge in [0, 0.05) is 6.04 Å². The fourth-order valence-corrected chi connectivity index (χ4v) is 1.01. The largest absolute Gasteiger partial charge is 0.312 e. The van der Waals surface area contributed by atoms with Gasteiger partial charge in [0.1, 0.15) is 0 Å². The zero-order valence-corrected chi connectivity index (χ0v) is 7.46. The van der Waals surface area contributed by atoms with Crippen LogP contribution in [0.5, 0.6) is 0 Å². The Bertz CT molecular complexity index is 254. The molecule has 0 radical (unpaired) electrons. The maximum absolute atomic E-state index is 7.77. The van der Waals surface area contributed by atoms with Crippen LogP contribution in [0.3, 0.4) is 0 Å². The molecule has 0 aliphatic carbocycles. The lowest BCUT2D eigenvalue weighted by atomic mass is 10.1. The molecule has 1 atom stereocenters. The van der Waals surface area contributed by atoms with Gasteiger partial charge in [0.05, 0.1) is 5.71 Å². The highest BCUT2D eigenvalue weighted by Gasteiger charge is 2.06. The van der Waals surface area contributed by atoms with Crippen LogP contribution >= 0.6 is 0 Å². The van der Waals surface area contributed by atoms with Gasteiger partial charge in [0.15, 0.2) is 0 Å². The molecular formula is C10H14N2. The summed E-state index contributed by atoms with van der Waals surface area (Å²) in [7, 11) is 1.86. The van der Waals surface area contributed by atoms with Crippen LogP contribution in [0, 0.1) is 5.41 Å². The lowest BCUT2D eigenvalue weighted by molar-refractivity contribution is 0.759. The lowest BCUT2D eigenvalue weighted by Crippen LogP contribution is -2.30. The summed E-state index contributed by atoms with van der Waals surface area (Å²) in [4.78, 5) is 0. The van der Waals surface area contributed by atoms with Crippen LogP contribution in [0.25, 0.3) is 0 Å². The Labute approximate surface area is 73.1 Å². The SMILES string of the molecule is CNC(C)C(=N)c1ccccc1. The molecule has 0 aliphatic heterocycles. The Kier molecular flexibility index (Phi) is 3.00. The molecule has 2 N–H and O–H groups in total. The number of likely N-dealkylation sites (N-methyl/N-ethyl adjacent to an activating group) is 1. The van der Waals surface area contributed by atoms with E-state index in [1.54, 1.807) is 0 Å². The molecule has 0 amide bonds. The minimum absolute atomic E-state index is 0.118. The van der Waals surface area contributed by atoms with Crippen molar-refractivity contribution in [2.24, 2.45) is 0 Å². The van der Waals surface area contributed by atoms with E-state index in [0.717, 1.165) is 5.56 Å². The van der Waals surface area contributed by atoms with E-state index in [4.69, 9.17) is 5.41 Å². The second-order valence-corrected chi connectivity index (χ2v) is 2.79. The standard InChI is InChI=1S/C10H14N2/c1-8(12-2)10(11)9-6-4-3-5-7-9/h3-8,11-12H,1-2H3. The van der Waals surface area contributed by atoms with Crippen molar-refractivity contribution < 1.29 is 0 Å². The van der Waals surface area contributed by atoms with Gasteiger partial charge in [0.25, 0.3) is 0 Å². The van der Waals surface area contributed by atoms with E-state index < -0.39 is 0 Å². The van der Waals surface area contributed by atoms with Crippen molar-refractivity contribution in [1.82, 2.24) is 5.32 Å². The summed E-state index contributed by atoms with van der Waals surface area (Å²) < 4.78 is 0. The van der Waals surface area contributed by atoms with Crippen LogP contribution in [0.2, 0.25) is 0 Å². The summed E-state index contributed by atoms with van der Waals surface area (Å²) in [6, 6.07) is 9.89. The highest BCUT2D eigenvalue weighted by atomic mass is 14.9. The maximum Gasteiger partial charge on any atom is 0.0552 e. The molecule has 64 valence electrons. The quantitative estimate of drug-likeness (QED) is 0.651. The molecule has 12 heavy (non-hydrogen) atoms. The fourth-order valence-electron chi connectivity index (χ4n) is 1.01. The fraction of sp³-hybridized carbons (Fsp3) is 0.300. The molecule has 0 spiro atoms. The molecule has 0 fully saturated rings. The topological polar surface area (TPSA) is 35.9 Å². The first-order valence-corrected chi connectivity index (χ1v) is 4.07. The highest BCUT2D eigenvalue weighted by Crippen LogP contribution is 2.02. The van der Waals surface area contributed by atoms with E-state index >= 15 is 0 Å². The van der Waals surface area contributed by atoms with Crippen molar-refractivity contribution in [3.63, 3.8) is 0 Å². The predicted molar refractivity (Wildman–Crippen MR) is 51.8 cm³/mol. The number of benzene rings is 1. The molecule has 0 heterocycles. The molecule has 2 nitrogen and oxygen atoms in total. The van der Waals surface area contributed by atoms with Gasteiger partial charge in [-0.2, -0.15) is 0 Å². The summed E-state index contributed by atoms with van der Waals surface area (Å²) >= 11 is 0. The van der Waals surface area contributed by atoms with E-state index in [9.17, 15) is 0 Å². The second kappa shape index (κ2) is 4.02. The van der Waals surface area contributed by atoms with E-state index in [-0.39, 0.29) is 6.04 Å². The van der Waals surface area contributed by atoms with Crippen molar-refractivity contribution in [2.75, 3.05) is 7.05 Å².